The summed E-state index contributed by atoms with van der Waals surface area (Å²) < 4.78 is 1.03. The number of pyridine rings is 1. The minimum Gasteiger partial charge on any atom is -0.384 e. The molecule has 1 aliphatic heterocycles. The van der Waals surface area contributed by atoms with Crippen molar-refractivity contribution in [2.24, 2.45) is 11.7 Å². The number of halogens is 3. The van der Waals surface area contributed by atoms with E-state index in [0.29, 0.717) is 25.3 Å². The minimum absolute atomic E-state index is 0. The van der Waals surface area contributed by atoms with Gasteiger partial charge in [0, 0.05) is 23.3 Å². The highest BCUT2D eigenvalue weighted by Gasteiger charge is 2.40. The van der Waals surface area contributed by atoms with Gasteiger partial charge in [-0.2, -0.15) is 0 Å². The zero-order valence-electron chi connectivity index (χ0n) is 18.1. The molecule has 0 spiro atoms. The quantitative estimate of drug-likeness (QED) is 0.494. The number of rotatable bonds is 7. The van der Waals surface area contributed by atoms with E-state index in [0.717, 1.165) is 22.2 Å². The number of aromatic nitrogens is 1. The molecule has 1 aromatic heterocycles. The summed E-state index contributed by atoms with van der Waals surface area (Å²) in [5.41, 5.74) is 14.2. The van der Waals surface area contributed by atoms with Crippen molar-refractivity contribution in [2.75, 3.05) is 12.3 Å². The second-order valence-corrected chi connectivity index (χ2v) is 8.84. The van der Waals surface area contributed by atoms with Crippen LogP contribution in [0.25, 0.3) is 0 Å². The summed E-state index contributed by atoms with van der Waals surface area (Å²) in [5, 5.41) is 2.95. The van der Waals surface area contributed by atoms with E-state index < -0.39 is 12.1 Å². The van der Waals surface area contributed by atoms with Crippen molar-refractivity contribution >= 4 is 58.4 Å². The number of primary amides is 1. The first kappa shape index (κ1) is 28.2. The lowest BCUT2D eigenvalue weighted by Gasteiger charge is -2.28. The molecule has 0 aliphatic carbocycles. The van der Waals surface area contributed by atoms with Crippen molar-refractivity contribution in [3.63, 3.8) is 0 Å². The number of carbonyl (C=O) groups excluding carboxylic acids is 2. The molecule has 0 bridgehead atoms. The maximum atomic E-state index is 12.8. The Labute approximate surface area is 209 Å². The fourth-order valence-electron chi connectivity index (χ4n) is 4.04. The van der Waals surface area contributed by atoms with E-state index in [9.17, 15) is 9.59 Å². The molecule has 1 saturated heterocycles. The number of nitrogen functional groups attached to an aromatic ring is 1. The molecule has 176 valence electrons. The first-order valence-electron chi connectivity index (χ1n) is 10.0. The average Bonchev–Trinajstić information content (AvgIpc) is 3.12. The predicted octanol–water partition coefficient (Wildman–Crippen LogP) is 3.00. The molecule has 3 atom stereocenters. The molecule has 2 heterocycles. The van der Waals surface area contributed by atoms with Gasteiger partial charge in [0.15, 0.2) is 0 Å². The smallest absolute Gasteiger partial charge is 0.237 e. The Balaban J connectivity index is 0.00000256. The summed E-state index contributed by atoms with van der Waals surface area (Å²) in [7, 11) is 0. The molecular formula is C22H30BrCl2N5O2. The van der Waals surface area contributed by atoms with E-state index in [4.69, 9.17) is 11.5 Å². The number of aryl methyl sites for hydroxylation is 1. The minimum atomic E-state index is -0.459. The molecule has 10 heteroatoms. The van der Waals surface area contributed by atoms with Crippen molar-refractivity contribution in [2.45, 2.75) is 45.3 Å². The van der Waals surface area contributed by atoms with Gasteiger partial charge < -0.3 is 16.8 Å². The zero-order chi connectivity index (χ0) is 21.8. The van der Waals surface area contributed by atoms with E-state index in [2.05, 4.69) is 38.4 Å². The number of carbonyl (C=O) groups is 2. The van der Waals surface area contributed by atoms with Crippen LogP contribution in [0.4, 0.5) is 5.82 Å². The molecule has 32 heavy (non-hydrogen) atoms. The molecule has 3 rings (SSSR count). The number of nitrogens with two attached hydrogens (primary N) is 2. The van der Waals surface area contributed by atoms with Crippen molar-refractivity contribution < 1.29 is 9.59 Å². The van der Waals surface area contributed by atoms with E-state index >= 15 is 0 Å². The number of hydrogen-bond acceptors (Lipinski definition) is 5. The molecule has 5 N–H and O–H groups in total. The maximum absolute atomic E-state index is 12.8. The number of amides is 2. The maximum Gasteiger partial charge on any atom is 0.237 e. The number of benzene rings is 1. The van der Waals surface area contributed by atoms with Crippen molar-refractivity contribution in [3.05, 3.63) is 57.7 Å². The molecular weight excluding hydrogens is 517 g/mol. The largest absolute Gasteiger partial charge is 0.384 e. The Morgan fingerprint density at radius 3 is 2.47 bits per heavy atom. The topological polar surface area (TPSA) is 114 Å². The zero-order valence-corrected chi connectivity index (χ0v) is 21.3. The van der Waals surface area contributed by atoms with Gasteiger partial charge >= 0.3 is 0 Å². The van der Waals surface area contributed by atoms with E-state index in [1.54, 1.807) is 6.07 Å². The summed E-state index contributed by atoms with van der Waals surface area (Å²) in [4.78, 5) is 31.0. The molecule has 2 unspecified atom stereocenters. The highest BCUT2D eigenvalue weighted by molar-refractivity contribution is 9.10. The molecule has 2 amide bonds. The van der Waals surface area contributed by atoms with Gasteiger partial charge in [-0.25, -0.2) is 4.98 Å². The molecule has 1 aromatic carbocycles. The van der Waals surface area contributed by atoms with Gasteiger partial charge in [0.2, 0.25) is 11.8 Å². The first-order valence-corrected chi connectivity index (χ1v) is 10.8. The highest BCUT2D eigenvalue weighted by Crippen LogP contribution is 2.28. The predicted molar refractivity (Wildman–Crippen MR) is 135 cm³/mol. The van der Waals surface area contributed by atoms with Crippen LogP contribution in [0.15, 0.2) is 40.9 Å². The number of hydrogen-bond donors (Lipinski definition) is 3. The Hall–Kier alpha value is -1.87. The van der Waals surface area contributed by atoms with Gasteiger partial charge in [0.1, 0.15) is 5.82 Å². The highest BCUT2D eigenvalue weighted by atomic mass is 79.9. The third-order valence-electron chi connectivity index (χ3n) is 5.74. The fourth-order valence-corrected chi connectivity index (χ4v) is 4.30. The molecule has 7 nitrogen and oxygen atoms in total. The fraction of sp³-hybridized carbons (Fsp3) is 0.409. The lowest BCUT2D eigenvalue weighted by atomic mass is 9.97. The van der Waals surface area contributed by atoms with Crippen molar-refractivity contribution in [1.82, 2.24) is 15.2 Å². The second kappa shape index (κ2) is 12.4. The molecule has 0 saturated carbocycles. The Morgan fingerprint density at radius 2 is 1.88 bits per heavy atom. The number of likely N-dealkylation sites (tertiary alicyclic amines) is 1. The lowest BCUT2D eigenvalue weighted by molar-refractivity contribution is -0.129. The summed E-state index contributed by atoms with van der Waals surface area (Å²) >= 11 is 3.45. The summed E-state index contributed by atoms with van der Waals surface area (Å²) in [6.45, 7) is 4.69. The summed E-state index contributed by atoms with van der Waals surface area (Å²) in [5.74, 6) is 0.199. The monoisotopic (exact) mass is 545 g/mol. The van der Waals surface area contributed by atoms with Crippen LogP contribution in [0.5, 0.6) is 0 Å². The van der Waals surface area contributed by atoms with Crippen LogP contribution in [0.3, 0.4) is 0 Å². The third kappa shape index (κ3) is 7.07. The normalized spacial score (nSPS) is 18.8. The van der Waals surface area contributed by atoms with Gasteiger partial charge in [-0.05, 0) is 61.9 Å². The van der Waals surface area contributed by atoms with Gasteiger partial charge in [-0.15, -0.1) is 24.8 Å². The van der Waals surface area contributed by atoms with Crippen LogP contribution in [0.2, 0.25) is 0 Å². The molecule has 2 aromatic rings. The molecule has 0 radical (unpaired) electrons. The number of anilines is 1. The Bertz CT molecular complexity index is 929. The van der Waals surface area contributed by atoms with Crippen LogP contribution in [0.1, 0.15) is 30.2 Å². The lowest BCUT2D eigenvalue weighted by Crippen LogP contribution is -2.51. The Morgan fingerprint density at radius 1 is 1.22 bits per heavy atom. The van der Waals surface area contributed by atoms with Crippen molar-refractivity contribution in [1.29, 1.82) is 0 Å². The van der Waals surface area contributed by atoms with Crippen LogP contribution in [-0.2, 0) is 22.6 Å². The van der Waals surface area contributed by atoms with Crippen molar-refractivity contribution in [3.8, 4) is 0 Å². The van der Waals surface area contributed by atoms with Crippen LogP contribution in [-0.4, -0.2) is 40.3 Å². The van der Waals surface area contributed by atoms with Crippen LogP contribution >= 0.6 is 40.7 Å². The summed E-state index contributed by atoms with van der Waals surface area (Å²) in [6, 6.07) is 10.9. The van der Waals surface area contributed by atoms with Gasteiger partial charge in [-0.3, -0.25) is 14.5 Å². The van der Waals surface area contributed by atoms with Crippen LogP contribution in [0, 0.1) is 12.8 Å². The number of nitrogens with one attached hydrogen (secondary N) is 1. The standard InChI is InChI=1S/C22H28BrN5O2.2ClH/c1-13-17(5-8-20(24)27-13)11-26-22(30)14(2)28-12-16(10-19(28)21(25)29)9-15-3-6-18(23)7-4-15;;/h3-8,14,16,19H,9-12H2,1-2H3,(H2,24,27)(H2,25,29)(H,26,30);2*1H/t14-,16?,19?;;/m0../s1. The average molecular weight is 547 g/mol. The van der Waals surface area contributed by atoms with Gasteiger partial charge in [-0.1, -0.05) is 34.1 Å². The van der Waals surface area contributed by atoms with Gasteiger partial charge in [0.05, 0.1) is 12.1 Å². The van der Waals surface area contributed by atoms with E-state index in [1.807, 2.05) is 36.9 Å². The Kier molecular flexibility index (Phi) is 10.9. The number of nitrogens with zero attached hydrogens (tertiary/aromatic N) is 2. The van der Waals surface area contributed by atoms with Gasteiger partial charge in [0.25, 0.3) is 0 Å². The molecule has 1 fully saturated rings. The SMILES string of the molecule is Cc1nc(N)ccc1CNC(=O)[C@H](C)N1CC(Cc2ccc(Br)cc2)CC1C(N)=O.Cl.Cl. The van der Waals surface area contributed by atoms with Crippen LogP contribution < -0.4 is 16.8 Å². The first-order chi connectivity index (χ1) is 14.2. The third-order valence-corrected chi connectivity index (χ3v) is 6.27. The van der Waals surface area contributed by atoms with E-state index in [1.165, 1.54) is 5.56 Å². The second-order valence-electron chi connectivity index (χ2n) is 7.92. The molecule has 1 aliphatic rings. The van der Waals surface area contributed by atoms with E-state index in [-0.39, 0.29) is 42.5 Å². The summed E-state index contributed by atoms with van der Waals surface area (Å²) in [6.07, 6.45) is 1.50.